The standard InChI is InChI=1S/C21H20F3N3O/c22-21(23,24)20(11-13-27(15-20)14-17-4-2-1-3-5-17)19(28)26-18-8-6-16(7-9-18)10-12-25/h1-9H,10-11,13-15H2,(H,26,28). The summed E-state index contributed by atoms with van der Waals surface area (Å²) in [6.07, 6.45) is -4.72. The number of nitriles is 1. The van der Waals surface area contributed by atoms with E-state index in [-0.39, 0.29) is 31.6 Å². The average molecular weight is 387 g/mol. The van der Waals surface area contributed by atoms with Crippen molar-refractivity contribution in [1.29, 1.82) is 5.26 Å². The van der Waals surface area contributed by atoms with Crippen LogP contribution < -0.4 is 5.32 Å². The van der Waals surface area contributed by atoms with E-state index in [1.165, 1.54) is 12.1 Å². The molecule has 4 nitrogen and oxygen atoms in total. The van der Waals surface area contributed by atoms with Crippen molar-refractivity contribution in [2.45, 2.75) is 25.6 Å². The predicted octanol–water partition coefficient (Wildman–Crippen LogP) is 4.15. The zero-order valence-electron chi connectivity index (χ0n) is 15.2. The van der Waals surface area contributed by atoms with Crippen LogP contribution in [0.2, 0.25) is 0 Å². The first-order valence-electron chi connectivity index (χ1n) is 8.94. The van der Waals surface area contributed by atoms with E-state index in [0.29, 0.717) is 6.54 Å². The van der Waals surface area contributed by atoms with Crippen molar-refractivity contribution in [2.24, 2.45) is 5.41 Å². The van der Waals surface area contributed by atoms with Crippen molar-refractivity contribution < 1.29 is 18.0 Å². The number of carbonyl (C=O) groups is 1. The Labute approximate surface area is 161 Å². The number of anilines is 1. The highest BCUT2D eigenvalue weighted by atomic mass is 19.4. The topological polar surface area (TPSA) is 56.1 Å². The third-order valence-corrected chi connectivity index (χ3v) is 5.07. The van der Waals surface area contributed by atoms with E-state index in [1.807, 2.05) is 36.4 Å². The Bertz CT molecular complexity index is 859. The highest BCUT2D eigenvalue weighted by Gasteiger charge is 2.62. The van der Waals surface area contributed by atoms with E-state index in [2.05, 4.69) is 5.32 Å². The number of rotatable bonds is 5. The van der Waals surface area contributed by atoms with Crippen molar-refractivity contribution in [3.8, 4) is 6.07 Å². The summed E-state index contributed by atoms with van der Waals surface area (Å²) >= 11 is 0. The summed E-state index contributed by atoms with van der Waals surface area (Å²) in [4.78, 5) is 14.3. The van der Waals surface area contributed by atoms with Gasteiger partial charge in [-0.15, -0.1) is 0 Å². The molecular formula is C21H20F3N3O. The van der Waals surface area contributed by atoms with Gasteiger partial charge < -0.3 is 5.32 Å². The van der Waals surface area contributed by atoms with Gasteiger partial charge in [0.2, 0.25) is 5.91 Å². The summed E-state index contributed by atoms with van der Waals surface area (Å²) in [5.41, 5.74) is -0.501. The van der Waals surface area contributed by atoms with Gasteiger partial charge in [-0.3, -0.25) is 9.69 Å². The van der Waals surface area contributed by atoms with E-state index < -0.39 is 17.5 Å². The van der Waals surface area contributed by atoms with Crippen molar-refractivity contribution in [3.05, 3.63) is 65.7 Å². The number of nitrogens with one attached hydrogen (secondary N) is 1. The Hall–Kier alpha value is -2.85. The first-order chi connectivity index (χ1) is 13.3. The molecular weight excluding hydrogens is 367 g/mol. The third-order valence-electron chi connectivity index (χ3n) is 5.07. The molecule has 3 rings (SSSR count). The predicted molar refractivity (Wildman–Crippen MR) is 99.2 cm³/mol. The van der Waals surface area contributed by atoms with Crippen LogP contribution in [0.25, 0.3) is 0 Å². The number of carbonyl (C=O) groups excluding carboxylic acids is 1. The number of hydrogen-bond donors (Lipinski definition) is 1. The molecule has 1 heterocycles. The molecule has 1 aliphatic rings. The smallest absolute Gasteiger partial charge is 0.325 e. The number of hydrogen-bond acceptors (Lipinski definition) is 3. The number of nitrogens with zero attached hydrogens (tertiary/aromatic N) is 2. The molecule has 0 bridgehead atoms. The Balaban J connectivity index is 1.74. The van der Waals surface area contributed by atoms with Crippen molar-refractivity contribution >= 4 is 11.6 Å². The fraction of sp³-hybridized carbons (Fsp3) is 0.333. The van der Waals surface area contributed by atoms with Gasteiger partial charge in [0.15, 0.2) is 5.41 Å². The molecule has 146 valence electrons. The second kappa shape index (κ2) is 8.03. The summed E-state index contributed by atoms with van der Waals surface area (Å²) < 4.78 is 41.8. The van der Waals surface area contributed by atoms with E-state index in [4.69, 9.17) is 5.26 Å². The molecule has 1 aliphatic heterocycles. The lowest BCUT2D eigenvalue weighted by Gasteiger charge is -2.30. The molecule has 0 aliphatic carbocycles. The zero-order valence-corrected chi connectivity index (χ0v) is 15.2. The largest absolute Gasteiger partial charge is 0.404 e. The van der Waals surface area contributed by atoms with Crippen molar-refractivity contribution in [1.82, 2.24) is 4.90 Å². The summed E-state index contributed by atoms with van der Waals surface area (Å²) in [5, 5.41) is 11.1. The molecule has 7 heteroatoms. The molecule has 2 aromatic carbocycles. The summed E-state index contributed by atoms with van der Waals surface area (Å²) in [7, 11) is 0. The van der Waals surface area contributed by atoms with Crippen LogP contribution in [0, 0.1) is 16.7 Å². The Kier molecular flexibility index (Phi) is 5.71. The van der Waals surface area contributed by atoms with Crippen LogP contribution in [0.3, 0.4) is 0 Å². The quantitative estimate of drug-likeness (QED) is 0.839. The van der Waals surface area contributed by atoms with Crippen molar-refractivity contribution in [3.63, 3.8) is 0 Å². The molecule has 2 aromatic rings. The van der Waals surface area contributed by atoms with Gasteiger partial charge in [-0.2, -0.15) is 18.4 Å². The van der Waals surface area contributed by atoms with Gasteiger partial charge in [-0.05, 0) is 36.2 Å². The number of likely N-dealkylation sites (tertiary alicyclic amines) is 1. The maximum absolute atomic E-state index is 13.9. The minimum Gasteiger partial charge on any atom is -0.325 e. The van der Waals surface area contributed by atoms with E-state index in [1.54, 1.807) is 17.0 Å². The number of alkyl halides is 3. The fourth-order valence-corrected chi connectivity index (χ4v) is 3.46. The summed E-state index contributed by atoms with van der Waals surface area (Å²) in [5.74, 6) is -1.04. The van der Waals surface area contributed by atoms with Crippen LogP contribution in [-0.4, -0.2) is 30.1 Å². The molecule has 0 radical (unpaired) electrons. The maximum Gasteiger partial charge on any atom is 0.404 e. The van der Waals surface area contributed by atoms with Crippen LogP contribution in [0.5, 0.6) is 0 Å². The lowest BCUT2D eigenvalue weighted by Crippen LogP contribution is -2.49. The van der Waals surface area contributed by atoms with Gasteiger partial charge in [-0.1, -0.05) is 42.5 Å². The monoisotopic (exact) mass is 387 g/mol. The lowest BCUT2D eigenvalue weighted by molar-refractivity contribution is -0.215. The lowest BCUT2D eigenvalue weighted by atomic mass is 9.85. The van der Waals surface area contributed by atoms with Crippen LogP contribution in [-0.2, 0) is 17.8 Å². The normalized spacial score (nSPS) is 19.9. The van der Waals surface area contributed by atoms with Gasteiger partial charge in [0, 0.05) is 18.8 Å². The molecule has 0 saturated carbocycles. The van der Waals surface area contributed by atoms with Crippen LogP contribution in [0.4, 0.5) is 18.9 Å². The number of amides is 1. The molecule has 1 saturated heterocycles. The zero-order chi connectivity index (χ0) is 20.2. The van der Waals surface area contributed by atoms with Gasteiger partial charge in [0.1, 0.15) is 0 Å². The van der Waals surface area contributed by atoms with Gasteiger partial charge in [0.05, 0.1) is 12.5 Å². The Morgan fingerprint density at radius 2 is 1.79 bits per heavy atom. The maximum atomic E-state index is 13.9. The second-order valence-electron chi connectivity index (χ2n) is 7.01. The molecule has 1 unspecified atom stereocenters. The summed E-state index contributed by atoms with van der Waals surface area (Å²) in [6.45, 7) is 0.196. The molecule has 28 heavy (non-hydrogen) atoms. The third kappa shape index (κ3) is 4.18. The highest BCUT2D eigenvalue weighted by molar-refractivity contribution is 5.96. The minimum atomic E-state index is -4.65. The van der Waals surface area contributed by atoms with E-state index in [0.717, 1.165) is 11.1 Å². The van der Waals surface area contributed by atoms with Crippen LogP contribution in [0.1, 0.15) is 17.5 Å². The first-order valence-corrected chi connectivity index (χ1v) is 8.94. The average Bonchev–Trinajstić information content (AvgIpc) is 3.10. The van der Waals surface area contributed by atoms with Crippen molar-refractivity contribution in [2.75, 3.05) is 18.4 Å². The molecule has 0 aromatic heterocycles. The van der Waals surface area contributed by atoms with Crippen LogP contribution in [0.15, 0.2) is 54.6 Å². The number of benzene rings is 2. The molecule has 0 spiro atoms. The Morgan fingerprint density at radius 1 is 1.11 bits per heavy atom. The molecule has 1 amide bonds. The van der Waals surface area contributed by atoms with Gasteiger partial charge in [0.25, 0.3) is 0 Å². The van der Waals surface area contributed by atoms with E-state index in [9.17, 15) is 18.0 Å². The highest BCUT2D eigenvalue weighted by Crippen LogP contribution is 2.46. The minimum absolute atomic E-state index is 0.197. The van der Waals surface area contributed by atoms with Gasteiger partial charge >= 0.3 is 6.18 Å². The van der Waals surface area contributed by atoms with E-state index >= 15 is 0 Å². The first kappa shape index (κ1) is 19.9. The second-order valence-corrected chi connectivity index (χ2v) is 7.01. The summed E-state index contributed by atoms with van der Waals surface area (Å²) in [6, 6.07) is 17.5. The number of halogens is 3. The molecule has 1 fully saturated rings. The van der Waals surface area contributed by atoms with Gasteiger partial charge in [-0.25, -0.2) is 0 Å². The molecule has 1 N–H and O–H groups in total. The van der Waals surface area contributed by atoms with Crippen LogP contribution >= 0.6 is 0 Å². The molecule has 1 atom stereocenters. The Morgan fingerprint density at radius 3 is 2.39 bits per heavy atom. The SMILES string of the molecule is N#CCc1ccc(NC(=O)C2(C(F)(F)F)CCN(Cc3ccccc3)C2)cc1. The fourth-order valence-electron chi connectivity index (χ4n) is 3.46.